The normalized spacial score (nSPS) is 10.5. The van der Waals surface area contributed by atoms with Crippen molar-refractivity contribution in [3.63, 3.8) is 0 Å². The maximum Gasteiger partial charge on any atom is 0.271 e. The lowest BCUT2D eigenvalue weighted by Crippen LogP contribution is -2.28. The molecular formula is C16H20ClN3O2. The van der Waals surface area contributed by atoms with E-state index in [0.29, 0.717) is 29.5 Å². The number of carbonyl (C=O) groups excluding carboxylic acids is 1. The molecule has 2 rings (SSSR count). The predicted molar refractivity (Wildman–Crippen MR) is 86.7 cm³/mol. The minimum absolute atomic E-state index is 0.194. The Bertz CT molecular complexity index is 650. The summed E-state index contributed by atoms with van der Waals surface area (Å²) in [5.74, 6) is 0.628. The Morgan fingerprint density at radius 2 is 2.05 bits per heavy atom. The van der Waals surface area contributed by atoms with Gasteiger partial charge in [-0.25, -0.2) is 0 Å². The number of carbonyl (C=O) groups is 1. The molecule has 0 fully saturated rings. The largest absolute Gasteiger partial charge is 0.497 e. The molecule has 0 aliphatic carbocycles. The number of ether oxygens (including phenoxy) is 1. The smallest absolute Gasteiger partial charge is 0.271 e. The number of nitrogens with one attached hydrogen (secondary N) is 1. The van der Waals surface area contributed by atoms with Gasteiger partial charge in [0.25, 0.3) is 5.91 Å². The SMILES string of the molecule is CCn1nc(C)c(Cl)c1C(=O)NCCc1ccc(OC)cc1. The van der Waals surface area contributed by atoms with Gasteiger partial charge in [0, 0.05) is 13.1 Å². The summed E-state index contributed by atoms with van der Waals surface area (Å²) >= 11 is 6.16. The number of amides is 1. The van der Waals surface area contributed by atoms with Crippen LogP contribution in [0.4, 0.5) is 0 Å². The van der Waals surface area contributed by atoms with Crippen molar-refractivity contribution >= 4 is 17.5 Å². The molecule has 0 aliphatic heterocycles. The topological polar surface area (TPSA) is 56.2 Å². The third-order valence-electron chi connectivity index (χ3n) is 3.43. The molecule has 0 saturated heterocycles. The van der Waals surface area contributed by atoms with Crippen molar-refractivity contribution in [2.24, 2.45) is 0 Å². The summed E-state index contributed by atoms with van der Waals surface area (Å²) in [6.07, 6.45) is 0.743. The van der Waals surface area contributed by atoms with Crippen molar-refractivity contribution in [2.45, 2.75) is 26.8 Å². The minimum atomic E-state index is -0.194. The summed E-state index contributed by atoms with van der Waals surface area (Å²) in [5.41, 5.74) is 2.23. The summed E-state index contributed by atoms with van der Waals surface area (Å²) in [6.45, 7) is 4.86. The molecule has 6 heteroatoms. The van der Waals surface area contributed by atoms with Crippen LogP contribution in [0, 0.1) is 6.92 Å². The van der Waals surface area contributed by atoms with Gasteiger partial charge < -0.3 is 10.1 Å². The van der Waals surface area contributed by atoms with Crippen LogP contribution >= 0.6 is 11.6 Å². The Labute approximate surface area is 135 Å². The zero-order valence-electron chi connectivity index (χ0n) is 13.0. The third kappa shape index (κ3) is 3.60. The molecule has 1 amide bonds. The first-order valence-corrected chi connectivity index (χ1v) is 7.58. The molecule has 1 aromatic carbocycles. The number of hydrogen-bond acceptors (Lipinski definition) is 3. The van der Waals surface area contributed by atoms with Gasteiger partial charge in [-0.3, -0.25) is 9.48 Å². The van der Waals surface area contributed by atoms with E-state index >= 15 is 0 Å². The van der Waals surface area contributed by atoms with Crippen molar-refractivity contribution in [3.8, 4) is 5.75 Å². The van der Waals surface area contributed by atoms with E-state index in [1.807, 2.05) is 31.2 Å². The van der Waals surface area contributed by atoms with Crippen LogP contribution in [-0.4, -0.2) is 29.3 Å². The summed E-state index contributed by atoms with van der Waals surface area (Å²) in [6, 6.07) is 7.78. The Morgan fingerprint density at radius 3 is 2.64 bits per heavy atom. The fourth-order valence-corrected chi connectivity index (χ4v) is 2.42. The summed E-state index contributed by atoms with van der Waals surface area (Å²) in [5, 5.41) is 7.55. The van der Waals surface area contributed by atoms with Crippen LogP contribution in [0.5, 0.6) is 5.75 Å². The first-order valence-electron chi connectivity index (χ1n) is 7.20. The molecule has 0 atom stereocenters. The first kappa shape index (κ1) is 16.4. The van der Waals surface area contributed by atoms with Gasteiger partial charge in [0.1, 0.15) is 11.4 Å². The molecule has 0 saturated carbocycles. The molecule has 118 valence electrons. The zero-order valence-corrected chi connectivity index (χ0v) is 13.8. The lowest BCUT2D eigenvalue weighted by atomic mass is 10.1. The first-order chi connectivity index (χ1) is 10.6. The van der Waals surface area contributed by atoms with Gasteiger partial charge >= 0.3 is 0 Å². The van der Waals surface area contributed by atoms with Gasteiger partial charge in [-0.05, 0) is 38.0 Å². The van der Waals surface area contributed by atoms with Gasteiger partial charge in [-0.1, -0.05) is 23.7 Å². The summed E-state index contributed by atoms with van der Waals surface area (Å²) in [4.78, 5) is 12.3. The summed E-state index contributed by atoms with van der Waals surface area (Å²) in [7, 11) is 1.64. The number of benzene rings is 1. The molecule has 1 aromatic heterocycles. The maximum atomic E-state index is 12.3. The molecule has 0 unspecified atom stereocenters. The van der Waals surface area contributed by atoms with E-state index in [1.54, 1.807) is 18.7 Å². The van der Waals surface area contributed by atoms with E-state index < -0.39 is 0 Å². The highest BCUT2D eigenvalue weighted by Gasteiger charge is 2.19. The Morgan fingerprint density at radius 1 is 1.36 bits per heavy atom. The van der Waals surface area contributed by atoms with Crippen molar-refractivity contribution in [2.75, 3.05) is 13.7 Å². The fourth-order valence-electron chi connectivity index (χ4n) is 2.20. The predicted octanol–water partition coefficient (Wildman–Crippen LogP) is 2.85. The van der Waals surface area contributed by atoms with Crippen LogP contribution in [-0.2, 0) is 13.0 Å². The highest BCUT2D eigenvalue weighted by Crippen LogP contribution is 2.20. The van der Waals surface area contributed by atoms with Gasteiger partial charge in [0.2, 0.25) is 0 Å². The quantitative estimate of drug-likeness (QED) is 0.890. The minimum Gasteiger partial charge on any atom is -0.497 e. The van der Waals surface area contributed by atoms with Crippen LogP contribution in [0.2, 0.25) is 5.02 Å². The Balaban J connectivity index is 1.95. The van der Waals surface area contributed by atoms with Crippen LogP contribution in [0.3, 0.4) is 0 Å². The van der Waals surface area contributed by atoms with Gasteiger partial charge in [0.05, 0.1) is 17.8 Å². The zero-order chi connectivity index (χ0) is 16.1. The molecule has 0 radical (unpaired) electrons. The van der Waals surface area contributed by atoms with E-state index in [-0.39, 0.29) is 5.91 Å². The van der Waals surface area contributed by atoms with E-state index in [2.05, 4.69) is 10.4 Å². The molecule has 5 nitrogen and oxygen atoms in total. The second-order valence-corrected chi connectivity index (χ2v) is 5.30. The van der Waals surface area contributed by atoms with Crippen LogP contribution in [0.15, 0.2) is 24.3 Å². The lowest BCUT2D eigenvalue weighted by molar-refractivity contribution is 0.0943. The van der Waals surface area contributed by atoms with Crippen LogP contribution in [0.1, 0.15) is 28.7 Å². The molecular weight excluding hydrogens is 302 g/mol. The number of aromatic nitrogens is 2. The molecule has 22 heavy (non-hydrogen) atoms. The van der Waals surface area contributed by atoms with E-state index in [1.165, 1.54) is 0 Å². The number of rotatable bonds is 6. The highest BCUT2D eigenvalue weighted by atomic mass is 35.5. The number of nitrogens with zero attached hydrogens (tertiary/aromatic N) is 2. The number of aryl methyl sites for hydroxylation is 2. The van der Waals surface area contributed by atoms with Gasteiger partial charge in [-0.2, -0.15) is 5.10 Å². The van der Waals surface area contributed by atoms with E-state index in [0.717, 1.165) is 17.7 Å². The molecule has 1 heterocycles. The standard InChI is InChI=1S/C16H20ClN3O2/c1-4-20-15(14(17)11(2)19-20)16(21)18-10-9-12-5-7-13(22-3)8-6-12/h5-8H,4,9-10H2,1-3H3,(H,18,21). The number of methoxy groups -OCH3 is 1. The number of hydrogen-bond donors (Lipinski definition) is 1. The molecule has 1 N–H and O–H groups in total. The van der Waals surface area contributed by atoms with Crippen molar-refractivity contribution < 1.29 is 9.53 Å². The molecule has 0 bridgehead atoms. The fraction of sp³-hybridized carbons (Fsp3) is 0.375. The lowest BCUT2D eigenvalue weighted by Gasteiger charge is -2.08. The van der Waals surface area contributed by atoms with Crippen molar-refractivity contribution in [3.05, 3.63) is 46.2 Å². The second-order valence-electron chi connectivity index (χ2n) is 4.92. The Hall–Kier alpha value is -2.01. The van der Waals surface area contributed by atoms with Crippen molar-refractivity contribution in [1.82, 2.24) is 15.1 Å². The number of halogens is 1. The van der Waals surface area contributed by atoms with Crippen LogP contribution < -0.4 is 10.1 Å². The second kappa shape index (κ2) is 7.31. The molecule has 0 spiro atoms. The Kier molecular flexibility index (Phi) is 5.44. The average molecular weight is 322 g/mol. The molecule has 0 aliphatic rings. The third-order valence-corrected chi connectivity index (χ3v) is 3.88. The average Bonchev–Trinajstić information content (AvgIpc) is 2.82. The van der Waals surface area contributed by atoms with E-state index in [9.17, 15) is 4.79 Å². The van der Waals surface area contributed by atoms with Gasteiger partial charge in [0.15, 0.2) is 0 Å². The summed E-state index contributed by atoms with van der Waals surface area (Å²) < 4.78 is 6.74. The van der Waals surface area contributed by atoms with Crippen LogP contribution in [0.25, 0.3) is 0 Å². The van der Waals surface area contributed by atoms with Gasteiger partial charge in [-0.15, -0.1) is 0 Å². The van der Waals surface area contributed by atoms with E-state index in [4.69, 9.17) is 16.3 Å². The highest BCUT2D eigenvalue weighted by molar-refractivity contribution is 6.34. The molecule has 2 aromatic rings. The van der Waals surface area contributed by atoms with Crippen molar-refractivity contribution in [1.29, 1.82) is 0 Å². The maximum absolute atomic E-state index is 12.3. The monoisotopic (exact) mass is 321 g/mol.